The molecular formula is C17H17NO2. The maximum atomic E-state index is 12.3. The third-order valence-corrected chi connectivity index (χ3v) is 3.85. The molecule has 2 aromatic rings. The van der Waals surface area contributed by atoms with Gasteiger partial charge in [-0.25, -0.2) is 0 Å². The number of piperidine rings is 1. The Hall–Kier alpha value is -2.16. The van der Waals surface area contributed by atoms with E-state index in [0.717, 1.165) is 30.0 Å². The molecule has 0 saturated carbocycles. The number of likely N-dealkylation sites (tertiary alicyclic amines) is 1. The number of carbonyl (C=O) groups is 2. The Bertz CT molecular complexity index is 657. The number of amides is 1. The molecular weight excluding hydrogens is 250 g/mol. The molecule has 3 nitrogen and oxygen atoms in total. The first-order valence-electron chi connectivity index (χ1n) is 7.08. The lowest BCUT2D eigenvalue weighted by atomic mass is 10.0. The number of Topliss-reactive ketones (excluding diaryl/α,β-unsaturated/α-hetero) is 1. The van der Waals surface area contributed by atoms with Crippen LogP contribution in [0.3, 0.4) is 0 Å². The first-order chi connectivity index (χ1) is 9.75. The molecule has 0 spiro atoms. The van der Waals surface area contributed by atoms with Gasteiger partial charge in [-0.2, -0.15) is 0 Å². The topological polar surface area (TPSA) is 37.4 Å². The minimum absolute atomic E-state index is 0.361. The Morgan fingerprint density at radius 2 is 1.55 bits per heavy atom. The summed E-state index contributed by atoms with van der Waals surface area (Å²) in [6.45, 7) is 1.41. The Balaban J connectivity index is 1.86. The van der Waals surface area contributed by atoms with Crippen LogP contribution in [0.15, 0.2) is 42.5 Å². The number of rotatable bonds is 2. The van der Waals surface area contributed by atoms with Crippen LogP contribution in [0, 0.1) is 0 Å². The molecule has 0 aromatic heterocycles. The van der Waals surface area contributed by atoms with Crippen molar-refractivity contribution in [1.82, 2.24) is 4.90 Å². The molecule has 0 radical (unpaired) electrons. The van der Waals surface area contributed by atoms with Crippen molar-refractivity contribution in [3.8, 4) is 0 Å². The minimum Gasteiger partial charge on any atom is -0.336 e. The van der Waals surface area contributed by atoms with Gasteiger partial charge in [-0.15, -0.1) is 0 Å². The summed E-state index contributed by atoms with van der Waals surface area (Å²) in [7, 11) is 0. The Morgan fingerprint density at radius 3 is 2.30 bits per heavy atom. The fourth-order valence-electron chi connectivity index (χ4n) is 2.69. The number of hydrogen-bond acceptors (Lipinski definition) is 2. The van der Waals surface area contributed by atoms with Crippen molar-refractivity contribution in [3.05, 3.63) is 48.0 Å². The first-order valence-corrected chi connectivity index (χ1v) is 7.08. The summed E-state index contributed by atoms with van der Waals surface area (Å²) in [4.78, 5) is 26.2. The second-order valence-electron chi connectivity index (χ2n) is 5.24. The molecule has 0 atom stereocenters. The highest BCUT2D eigenvalue weighted by molar-refractivity contribution is 6.43. The Morgan fingerprint density at radius 1 is 0.850 bits per heavy atom. The molecule has 2 aromatic carbocycles. The van der Waals surface area contributed by atoms with Gasteiger partial charge in [0.05, 0.1) is 0 Å². The average molecular weight is 267 g/mol. The van der Waals surface area contributed by atoms with E-state index >= 15 is 0 Å². The molecule has 1 heterocycles. The van der Waals surface area contributed by atoms with Gasteiger partial charge in [0.15, 0.2) is 0 Å². The quantitative estimate of drug-likeness (QED) is 0.619. The molecule has 20 heavy (non-hydrogen) atoms. The zero-order valence-electron chi connectivity index (χ0n) is 11.3. The highest BCUT2D eigenvalue weighted by Gasteiger charge is 2.24. The van der Waals surface area contributed by atoms with Crippen molar-refractivity contribution in [2.24, 2.45) is 0 Å². The summed E-state index contributed by atoms with van der Waals surface area (Å²) in [5.41, 5.74) is 0.485. The van der Waals surface area contributed by atoms with Gasteiger partial charge in [0, 0.05) is 18.7 Å². The van der Waals surface area contributed by atoms with Crippen molar-refractivity contribution >= 4 is 22.5 Å². The molecule has 1 saturated heterocycles. The van der Waals surface area contributed by atoms with E-state index in [1.54, 1.807) is 17.0 Å². The fourth-order valence-corrected chi connectivity index (χ4v) is 2.69. The smallest absolute Gasteiger partial charge is 0.294 e. The third-order valence-electron chi connectivity index (χ3n) is 3.85. The van der Waals surface area contributed by atoms with Gasteiger partial charge in [-0.1, -0.05) is 36.4 Å². The van der Waals surface area contributed by atoms with E-state index in [1.165, 1.54) is 0 Å². The fraction of sp³-hybridized carbons (Fsp3) is 0.294. The molecule has 1 fully saturated rings. The van der Waals surface area contributed by atoms with Crippen molar-refractivity contribution in [2.75, 3.05) is 13.1 Å². The second-order valence-corrected chi connectivity index (χ2v) is 5.24. The van der Waals surface area contributed by atoms with Gasteiger partial charge in [0.2, 0.25) is 5.78 Å². The second kappa shape index (κ2) is 5.45. The first kappa shape index (κ1) is 12.9. The zero-order chi connectivity index (χ0) is 13.9. The van der Waals surface area contributed by atoms with Gasteiger partial charge in [0.25, 0.3) is 5.91 Å². The minimum atomic E-state index is -0.391. The summed E-state index contributed by atoms with van der Waals surface area (Å²) in [6.07, 6.45) is 3.14. The number of ketones is 1. The van der Waals surface area contributed by atoms with Crippen LogP contribution in [-0.2, 0) is 4.79 Å². The van der Waals surface area contributed by atoms with E-state index < -0.39 is 5.78 Å². The van der Waals surface area contributed by atoms with Gasteiger partial charge in [0.1, 0.15) is 0 Å². The Labute approximate surface area is 118 Å². The van der Waals surface area contributed by atoms with Crippen LogP contribution >= 0.6 is 0 Å². The van der Waals surface area contributed by atoms with E-state index in [0.29, 0.717) is 18.7 Å². The molecule has 0 N–H and O–H groups in total. The van der Waals surface area contributed by atoms with Crippen molar-refractivity contribution in [1.29, 1.82) is 0 Å². The summed E-state index contributed by atoms with van der Waals surface area (Å²) in [6, 6.07) is 13.3. The summed E-state index contributed by atoms with van der Waals surface area (Å²) < 4.78 is 0. The largest absolute Gasteiger partial charge is 0.336 e. The predicted molar refractivity (Wildman–Crippen MR) is 78.7 cm³/mol. The van der Waals surface area contributed by atoms with Crippen LogP contribution in [0.25, 0.3) is 10.8 Å². The van der Waals surface area contributed by atoms with Crippen LogP contribution in [0.4, 0.5) is 0 Å². The van der Waals surface area contributed by atoms with Gasteiger partial charge < -0.3 is 4.90 Å². The van der Waals surface area contributed by atoms with Crippen LogP contribution in [0.2, 0.25) is 0 Å². The van der Waals surface area contributed by atoms with Crippen LogP contribution in [0.5, 0.6) is 0 Å². The number of benzene rings is 2. The van der Waals surface area contributed by atoms with E-state index in [-0.39, 0.29) is 5.91 Å². The molecule has 1 amide bonds. The summed E-state index contributed by atoms with van der Waals surface area (Å²) in [5, 5.41) is 2.07. The Kier molecular flexibility index (Phi) is 3.50. The van der Waals surface area contributed by atoms with Gasteiger partial charge in [-0.3, -0.25) is 9.59 Å². The molecule has 3 heteroatoms. The molecule has 102 valence electrons. The highest BCUT2D eigenvalue weighted by atomic mass is 16.2. The normalized spacial score (nSPS) is 15.3. The molecule has 3 rings (SSSR count). The molecule has 0 aliphatic carbocycles. The van der Waals surface area contributed by atoms with E-state index in [4.69, 9.17) is 0 Å². The van der Waals surface area contributed by atoms with E-state index in [1.807, 2.05) is 30.3 Å². The highest BCUT2D eigenvalue weighted by Crippen LogP contribution is 2.17. The van der Waals surface area contributed by atoms with Crippen LogP contribution in [-0.4, -0.2) is 29.7 Å². The molecule has 0 unspecified atom stereocenters. The monoisotopic (exact) mass is 267 g/mol. The molecule has 1 aliphatic rings. The van der Waals surface area contributed by atoms with E-state index in [2.05, 4.69) is 0 Å². The van der Waals surface area contributed by atoms with Gasteiger partial charge >= 0.3 is 0 Å². The maximum absolute atomic E-state index is 12.3. The van der Waals surface area contributed by atoms with Crippen molar-refractivity contribution in [3.63, 3.8) is 0 Å². The number of carbonyl (C=O) groups excluding carboxylic acids is 2. The average Bonchev–Trinajstić information content (AvgIpc) is 2.54. The summed E-state index contributed by atoms with van der Waals surface area (Å²) >= 11 is 0. The number of hydrogen-bond donors (Lipinski definition) is 0. The number of nitrogens with zero attached hydrogens (tertiary/aromatic N) is 1. The zero-order valence-corrected chi connectivity index (χ0v) is 11.3. The van der Waals surface area contributed by atoms with Crippen LogP contribution < -0.4 is 0 Å². The van der Waals surface area contributed by atoms with E-state index in [9.17, 15) is 9.59 Å². The van der Waals surface area contributed by atoms with Gasteiger partial charge in [-0.05, 0) is 36.1 Å². The van der Waals surface area contributed by atoms with Crippen molar-refractivity contribution < 1.29 is 9.59 Å². The lowest BCUT2D eigenvalue weighted by molar-refractivity contribution is -0.127. The lowest BCUT2D eigenvalue weighted by Crippen LogP contribution is -2.40. The lowest BCUT2D eigenvalue weighted by Gasteiger charge is -2.25. The summed E-state index contributed by atoms with van der Waals surface area (Å²) in [5.74, 6) is -0.752. The maximum Gasteiger partial charge on any atom is 0.294 e. The molecule has 0 bridgehead atoms. The van der Waals surface area contributed by atoms with Crippen LogP contribution in [0.1, 0.15) is 29.6 Å². The number of fused-ring (bicyclic) bond motifs is 1. The molecule has 1 aliphatic heterocycles. The standard InChI is InChI=1S/C17H17NO2/c19-16(17(20)18-10-4-1-5-11-18)15-9-8-13-6-2-3-7-14(13)12-15/h2-3,6-9,12H,1,4-5,10-11H2. The third kappa shape index (κ3) is 2.44. The predicted octanol–water partition coefficient (Wildman–Crippen LogP) is 3.04. The van der Waals surface area contributed by atoms with Crippen molar-refractivity contribution in [2.45, 2.75) is 19.3 Å². The SMILES string of the molecule is O=C(C(=O)N1CCCCC1)c1ccc2ccccc2c1.